The van der Waals surface area contributed by atoms with Gasteiger partial charge in [-0.1, -0.05) is 12.1 Å². The monoisotopic (exact) mass is 291 g/mol. The molecule has 0 amide bonds. The van der Waals surface area contributed by atoms with Gasteiger partial charge < -0.3 is 20.1 Å². The van der Waals surface area contributed by atoms with Crippen LogP contribution in [0.5, 0.6) is 5.75 Å². The molecule has 0 aromatic heterocycles. The van der Waals surface area contributed by atoms with Crippen LogP contribution in [-0.4, -0.2) is 50.7 Å². The number of rotatable bonds is 9. The SMILES string of the molecule is COCCN(CCC(=N)N)CCc1ccc2c(c1)CCO2. The number of nitrogens with zero attached hydrogens (tertiary/aromatic N) is 1. The fraction of sp³-hybridized carbons (Fsp3) is 0.562. The highest BCUT2D eigenvalue weighted by molar-refractivity contribution is 5.76. The van der Waals surface area contributed by atoms with E-state index in [2.05, 4.69) is 23.1 Å². The summed E-state index contributed by atoms with van der Waals surface area (Å²) in [7, 11) is 1.71. The van der Waals surface area contributed by atoms with Gasteiger partial charge in [-0.25, -0.2) is 0 Å². The lowest BCUT2D eigenvalue weighted by atomic mass is 10.1. The van der Waals surface area contributed by atoms with E-state index in [1.165, 1.54) is 11.1 Å². The molecule has 0 radical (unpaired) electrons. The largest absolute Gasteiger partial charge is 0.493 e. The Morgan fingerprint density at radius 2 is 2.24 bits per heavy atom. The van der Waals surface area contributed by atoms with Crippen LogP contribution < -0.4 is 10.5 Å². The molecule has 1 aliphatic rings. The van der Waals surface area contributed by atoms with E-state index in [4.69, 9.17) is 20.6 Å². The molecule has 5 heteroatoms. The predicted molar refractivity (Wildman–Crippen MR) is 84.2 cm³/mol. The van der Waals surface area contributed by atoms with Gasteiger partial charge in [-0.2, -0.15) is 0 Å². The molecule has 0 spiro atoms. The minimum atomic E-state index is 0.243. The van der Waals surface area contributed by atoms with E-state index in [1.807, 2.05) is 0 Å². The molecule has 116 valence electrons. The first-order chi connectivity index (χ1) is 10.2. The maximum atomic E-state index is 7.35. The predicted octanol–water partition coefficient (Wildman–Crippen LogP) is 1.44. The lowest BCUT2D eigenvalue weighted by Gasteiger charge is -2.21. The summed E-state index contributed by atoms with van der Waals surface area (Å²) in [5.74, 6) is 1.28. The van der Waals surface area contributed by atoms with Crippen molar-refractivity contribution in [2.75, 3.05) is 40.0 Å². The van der Waals surface area contributed by atoms with Gasteiger partial charge in [0.15, 0.2) is 0 Å². The Kier molecular flexibility index (Phi) is 6.02. The summed E-state index contributed by atoms with van der Waals surface area (Å²) in [5.41, 5.74) is 8.11. The van der Waals surface area contributed by atoms with Crippen LogP contribution in [0.2, 0.25) is 0 Å². The van der Waals surface area contributed by atoms with Crippen LogP contribution in [-0.2, 0) is 17.6 Å². The molecule has 0 bridgehead atoms. The number of methoxy groups -OCH3 is 1. The van der Waals surface area contributed by atoms with Crippen LogP contribution in [0.4, 0.5) is 0 Å². The van der Waals surface area contributed by atoms with Crippen LogP contribution in [0.15, 0.2) is 18.2 Å². The Balaban J connectivity index is 1.86. The fourth-order valence-electron chi connectivity index (χ4n) is 2.52. The summed E-state index contributed by atoms with van der Waals surface area (Å²) in [4.78, 5) is 2.30. The zero-order chi connectivity index (χ0) is 15.1. The molecule has 0 saturated heterocycles. The van der Waals surface area contributed by atoms with Crippen molar-refractivity contribution in [1.29, 1.82) is 5.41 Å². The van der Waals surface area contributed by atoms with E-state index in [1.54, 1.807) is 7.11 Å². The first-order valence-electron chi connectivity index (χ1n) is 7.48. The molecule has 0 atom stereocenters. The molecule has 0 unspecified atom stereocenters. The zero-order valence-corrected chi connectivity index (χ0v) is 12.7. The van der Waals surface area contributed by atoms with Crippen LogP contribution in [0.1, 0.15) is 17.5 Å². The number of nitrogens with one attached hydrogen (secondary N) is 1. The zero-order valence-electron chi connectivity index (χ0n) is 12.7. The second-order valence-electron chi connectivity index (χ2n) is 5.40. The summed E-state index contributed by atoms with van der Waals surface area (Å²) < 4.78 is 10.7. The standard InChI is InChI=1S/C16H25N3O2/c1-20-11-9-19(8-5-16(17)18)7-4-13-2-3-15-14(12-13)6-10-21-15/h2-3,12H,4-11H2,1H3,(H3,17,18). The Labute approximate surface area is 126 Å². The number of ether oxygens (including phenoxy) is 2. The van der Waals surface area contributed by atoms with E-state index in [0.717, 1.165) is 44.8 Å². The highest BCUT2D eigenvalue weighted by Crippen LogP contribution is 2.26. The van der Waals surface area contributed by atoms with E-state index < -0.39 is 0 Å². The summed E-state index contributed by atoms with van der Waals surface area (Å²) >= 11 is 0. The minimum Gasteiger partial charge on any atom is -0.493 e. The van der Waals surface area contributed by atoms with Crippen LogP contribution in [0.3, 0.4) is 0 Å². The van der Waals surface area contributed by atoms with Gasteiger partial charge in [0, 0.05) is 39.6 Å². The number of amidine groups is 1. The van der Waals surface area contributed by atoms with Gasteiger partial charge in [0.05, 0.1) is 19.0 Å². The maximum absolute atomic E-state index is 7.35. The molecule has 21 heavy (non-hydrogen) atoms. The lowest BCUT2D eigenvalue weighted by molar-refractivity contribution is 0.150. The van der Waals surface area contributed by atoms with Crippen molar-refractivity contribution in [3.05, 3.63) is 29.3 Å². The van der Waals surface area contributed by atoms with Gasteiger partial charge in [0.2, 0.25) is 0 Å². The highest BCUT2D eigenvalue weighted by atomic mass is 16.5. The molecule has 1 aliphatic heterocycles. The summed E-state index contributed by atoms with van der Waals surface area (Å²) in [6, 6.07) is 6.47. The molecular formula is C16H25N3O2. The van der Waals surface area contributed by atoms with Gasteiger partial charge in [0.25, 0.3) is 0 Å². The molecule has 3 N–H and O–H groups in total. The van der Waals surface area contributed by atoms with Gasteiger partial charge >= 0.3 is 0 Å². The highest BCUT2D eigenvalue weighted by Gasteiger charge is 2.12. The quantitative estimate of drug-likeness (QED) is 0.533. The van der Waals surface area contributed by atoms with Gasteiger partial charge in [0.1, 0.15) is 5.75 Å². The second kappa shape index (κ2) is 8.00. The Hall–Kier alpha value is -1.59. The van der Waals surface area contributed by atoms with Gasteiger partial charge in [-0.05, 0) is 23.6 Å². The average Bonchev–Trinajstić information content (AvgIpc) is 2.93. The Morgan fingerprint density at radius 3 is 3.00 bits per heavy atom. The fourth-order valence-corrected chi connectivity index (χ4v) is 2.52. The molecule has 0 saturated carbocycles. The number of fused-ring (bicyclic) bond motifs is 1. The number of hydrogen-bond donors (Lipinski definition) is 2. The van der Waals surface area contributed by atoms with Gasteiger partial charge in [-0.15, -0.1) is 0 Å². The molecule has 2 rings (SSSR count). The second-order valence-corrected chi connectivity index (χ2v) is 5.40. The third-order valence-corrected chi connectivity index (χ3v) is 3.78. The molecule has 1 aromatic rings. The van der Waals surface area contributed by atoms with Crippen molar-refractivity contribution in [2.24, 2.45) is 5.73 Å². The summed E-state index contributed by atoms with van der Waals surface area (Å²) in [6.45, 7) is 4.15. The van der Waals surface area contributed by atoms with E-state index in [9.17, 15) is 0 Å². The molecular weight excluding hydrogens is 266 g/mol. The summed E-state index contributed by atoms with van der Waals surface area (Å²) in [5, 5.41) is 7.35. The Morgan fingerprint density at radius 1 is 1.38 bits per heavy atom. The Bertz CT molecular complexity index is 477. The molecule has 5 nitrogen and oxygen atoms in total. The van der Waals surface area contributed by atoms with E-state index >= 15 is 0 Å². The van der Waals surface area contributed by atoms with Crippen molar-refractivity contribution in [3.8, 4) is 5.75 Å². The van der Waals surface area contributed by atoms with Crippen LogP contribution in [0, 0.1) is 5.41 Å². The number of benzene rings is 1. The lowest BCUT2D eigenvalue weighted by Crippen LogP contribution is -2.32. The topological polar surface area (TPSA) is 71.6 Å². The molecule has 0 fully saturated rings. The third kappa shape index (κ3) is 5.02. The first kappa shape index (κ1) is 15.8. The van der Waals surface area contributed by atoms with Crippen molar-refractivity contribution < 1.29 is 9.47 Å². The maximum Gasteiger partial charge on any atom is 0.122 e. The van der Waals surface area contributed by atoms with E-state index in [0.29, 0.717) is 13.0 Å². The van der Waals surface area contributed by atoms with Gasteiger partial charge in [-0.3, -0.25) is 5.41 Å². The molecule has 1 aromatic carbocycles. The van der Waals surface area contributed by atoms with Crippen molar-refractivity contribution >= 4 is 5.84 Å². The van der Waals surface area contributed by atoms with Crippen molar-refractivity contribution in [3.63, 3.8) is 0 Å². The normalized spacial score (nSPS) is 13.2. The smallest absolute Gasteiger partial charge is 0.122 e. The van der Waals surface area contributed by atoms with Crippen LogP contribution in [0.25, 0.3) is 0 Å². The van der Waals surface area contributed by atoms with Crippen molar-refractivity contribution in [1.82, 2.24) is 4.90 Å². The first-order valence-corrected chi connectivity index (χ1v) is 7.48. The average molecular weight is 291 g/mol. The third-order valence-electron chi connectivity index (χ3n) is 3.78. The van der Waals surface area contributed by atoms with Crippen LogP contribution >= 0.6 is 0 Å². The molecule has 0 aliphatic carbocycles. The van der Waals surface area contributed by atoms with Crippen molar-refractivity contribution in [2.45, 2.75) is 19.3 Å². The van der Waals surface area contributed by atoms with E-state index in [-0.39, 0.29) is 5.84 Å². The number of hydrogen-bond acceptors (Lipinski definition) is 4. The molecule has 1 heterocycles. The number of nitrogens with two attached hydrogens (primary N) is 1. The summed E-state index contributed by atoms with van der Waals surface area (Å²) in [6.07, 6.45) is 2.62. The minimum absolute atomic E-state index is 0.243.